The smallest absolute Gasteiger partial charge is 0.140 e. The molecule has 3 rings (SSSR count). The van der Waals surface area contributed by atoms with Gasteiger partial charge in [-0.3, -0.25) is 4.98 Å². The van der Waals surface area contributed by atoms with Crippen molar-refractivity contribution < 1.29 is 9.84 Å². The van der Waals surface area contributed by atoms with E-state index >= 15 is 0 Å². The first-order valence-electron chi connectivity index (χ1n) is 7.19. The third kappa shape index (κ3) is 2.60. The molecule has 1 saturated heterocycles. The molecule has 1 N–H and O–H groups in total. The summed E-state index contributed by atoms with van der Waals surface area (Å²) in [5.41, 5.74) is 0.969. The molecule has 0 radical (unpaired) electrons. The molecule has 1 aliphatic carbocycles. The first kappa shape index (κ1) is 12.9. The number of aliphatic hydroxyl groups excluding tert-OH is 1. The summed E-state index contributed by atoms with van der Waals surface area (Å²) in [4.78, 5) is 6.64. The molecule has 0 spiro atoms. The molecule has 1 aliphatic heterocycles. The van der Waals surface area contributed by atoms with Crippen LogP contribution in [-0.4, -0.2) is 47.3 Å². The summed E-state index contributed by atoms with van der Waals surface area (Å²) in [5.74, 6) is 2.29. The predicted octanol–water partition coefficient (Wildman–Crippen LogP) is 1.47. The van der Waals surface area contributed by atoms with Crippen LogP contribution in [0.1, 0.15) is 18.5 Å². The number of fused-ring (bicyclic) bond motifs is 1. The lowest BCUT2D eigenvalue weighted by Crippen LogP contribution is -2.30. The molecule has 4 heteroatoms. The van der Waals surface area contributed by atoms with Gasteiger partial charge in [0.2, 0.25) is 0 Å². The van der Waals surface area contributed by atoms with E-state index in [9.17, 15) is 0 Å². The van der Waals surface area contributed by atoms with Crippen LogP contribution in [-0.2, 0) is 0 Å². The predicted molar refractivity (Wildman–Crippen MR) is 73.1 cm³/mol. The maximum atomic E-state index is 9.05. The van der Waals surface area contributed by atoms with Crippen LogP contribution in [0.3, 0.4) is 0 Å². The molecule has 4 nitrogen and oxygen atoms in total. The van der Waals surface area contributed by atoms with Gasteiger partial charge < -0.3 is 14.7 Å². The van der Waals surface area contributed by atoms with Gasteiger partial charge in [0.15, 0.2) is 0 Å². The Balaban J connectivity index is 1.65. The fourth-order valence-electron chi connectivity index (χ4n) is 3.54. The lowest BCUT2D eigenvalue weighted by atomic mass is 9.99. The molecule has 19 heavy (non-hydrogen) atoms. The van der Waals surface area contributed by atoms with Crippen LogP contribution in [0, 0.1) is 18.8 Å². The van der Waals surface area contributed by atoms with Crippen molar-refractivity contribution in [2.75, 3.05) is 26.2 Å². The van der Waals surface area contributed by atoms with E-state index in [2.05, 4.69) is 9.88 Å². The number of aromatic nitrogens is 1. The Morgan fingerprint density at radius 1 is 1.42 bits per heavy atom. The van der Waals surface area contributed by atoms with E-state index in [1.54, 1.807) is 6.20 Å². The monoisotopic (exact) mass is 262 g/mol. The van der Waals surface area contributed by atoms with E-state index in [1.807, 2.05) is 19.1 Å². The number of nitrogens with zero attached hydrogens (tertiary/aromatic N) is 2. The van der Waals surface area contributed by atoms with E-state index in [4.69, 9.17) is 9.84 Å². The Kier molecular flexibility index (Phi) is 3.71. The van der Waals surface area contributed by atoms with Gasteiger partial charge in [0.25, 0.3) is 0 Å². The maximum absolute atomic E-state index is 9.05. The van der Waals surface area contributed by atoms with Crippen LogP contribution in [0.5, 0.6) is 5.75 Å². The highest BCUT2D eigenvalue weighted by Crippen LogP contribution is 2.40. The highest BCUT2D eigenvalue weighted by atomic mass is 16.5. The Bertz CT molecular complexity index is 438. The fraction of sp³-hybridized carbons (Fsp3) is 0.667. The summed E-state index contributed by atoms with van der Waals surface area (Å²) in [6.45, 7) is 5.24. The average Bonchev–Trinajstić information content (AvgIpc) is 2.94. The summed E-state index contributed by atoms with van der Waals surface area (Å²) < 4.78 is 6.19. The zero-order chi connectivity index (χ0) is 13.2. The number of β-amino-alcohol motifs (C(OH)–C–C–N with tert-alkyl or cyclic N) is 1. The van der Waals surface area contributed by atoms with Crippen molar-refractivity contribution in [3.05, 3.63) is 24.0 Å². The SMILES string of the molecule is Cc1ncccc1O[C@@H]1CC[C@@H]2CN(CCO)C[C@@H]21. The van der Waals surface area contributed by atoms with Crippen LogP contribution in [0.2, 0.25) is 0 Å². The standard InChI is InChI=1S/C15H22N2O2/c1-11-14(3-2-6-16-11)19-15-5-4-12-9-17(7-8-18)10-13(12)15/h2-3,6,12-13,15,18H,4-5,7-10H2,1H3/t12-,13+,15-/m1/s1. The molecule has 1 aromatic heterocycles. The van der Waals surface area contributed by atoms with Crippen LogP contribution in [0.25, 0.3) is 0 Å². The Labute approximate surface area is 114 Å². The zero-order valence-corrected chi connectivity index (χ0v) is 11.5. The van der Waals surface area contributed by atoms with E-state index in [1.165, 1.54) is 6.42 Å². The number of ether oxygens (including phenoxy) is 1. The molecule has 0 amide bonds. The molecular formula is C15H22N2O2. The second-order valence-electron chi connectivity index (χ2n) is 5.73. The lowest BCUT2D eigenvalue weighted by Gasteiger charge is -2.22. The van der Waals surface area contributed by atoms with Crippen molar-refractivity contribution in [2.45, 2.75) is 25.9 Å². The van der Waals surface area contributed by atoms with Gasteiger partial charge in [0.05, 0.1) is 12.3 Å². The number of hydrogen-bond donors (Lipinski definition) is 1. The minimum absolute atomic E-state index is 0.257. The van der Waals surface area contributed by atoms with E-state index < -0.39 is 0 Å². The number of hydrogen-bond acceptors (Lipinski definition) is 4. The fourth-order valence-corrected chi connectivity index (χ4v) is 3.54. The second-order valence-corrected chi connectivity index (χ2v) is 5.73. The van der Waals surface area contributed by atoms with Gasteiger partial charge in [-0.1, -0.05) is 0 Å². The quantitative estimate of drug-likeness (QED) is 0.892. The first-order chi connectivity index (χ1) is 9.28. The summed E-state index contributed by atoms with van der Waals surface area (Å²) >= 11 is 0. The number of rotatable bonds is 4. The molecule has 2 aliphatic rings. The first-order valence-corrected chi connectivity index (χ1v) is 7.19. The average molecular weight is 262 g/mol. The van der Waals surface area contributed by atoms with Crippen LogP contribution in [0.15, 0.2) is 18.3 Å². The minimum atomic E-state index is 0.257. The van der Waals surface area contributed by atoms with Crippen LogP contribution >= 0.6 is 0 Å². The number of likely N-dealkylation sites (tertiary alicyclic amines) is 1. The topological polar surface area (TPSA) is 45.6 Å². The van der Waals surface area contributed by atoms with Crippen molar-refractivity contribution in [3.63, 3.8) is 0 Å². The lowest BCUT2D eigenvalue weighted by molar-refractivity contribution is 0.142. The van der Waals surface area contributed by atoms with E-state index in [0.717, 1.165) is 43.4 Å². The molecule has 3 atom stereocenters. The van der Waals surface area contributed by atoms with E-state index in [0.29, 0.717) is 12.0 Å². The Morgan fingerprint density at radius 2 is 2.32 bits per heavy atom. The summed E-state index contributed by atoms with van der Waals surface area (Å²) in [6, 6.07) is 3.94. The minimum Gasteiger partial charge on any atom is -0.488 e. The van der Waals surface area contributed by atoms with Crippen molar-refractivity contribution in [3.8, 4) is 5.75 Å². The van der Waals surface area contributed by atoms with E-state index in [-0.39, 0.29) is 6.61 Å². The largest absolute Gasteiger partial charge is 0.488 e. The Morgan fingerprint density at radius 3 is 3.11 bits per heavy atom. The molecule has 0 unspecified atom stereocenters. The molecule has 2 heterocycles. The molecule has 2 fully saturated rings. The second kappa shape index (κ2) is 5.47. The maximum Gasteiger partial charge on any atom is 0.140 e. The molecule has 104 valence electrons. The summed E-state index contributed by atoms with van der Waals surface area (Å²) in [5, 5.41) is 9.05. The van der Waals surface area contributed by atoms with Gasteiger partial charge in [0, 0.05) is 31.7 Å². The zero-order valence-electron chi connectivity index (χ0n) is 11.5. The van der Waals surface area contributed by atoms with Gasteiger partial charge in [-0.15, -0.1) is 0 Å². The van der Waals surface area contributed by atoms with Crippen LogP contribution < -0.4 is 4.74 Å². The van der Waals surface area contributed by atoms with Crippen molar-refractivity contribution in [2.24, 2.45) is 11.8 Å². The molecular weight excluding hydrogens is 240 g/mol. The Hall–Kier alpha value is -1.13. The third-order valence-corrected chi connectivity index (χ3v) is 4.52. The molecule has 1 aromatic rings. The molecule has 0 bridgehead atoms. The van der Waals surface area contributed by atoms with Gasteiger partial charge in [-0.2, -0.15) is 0 Å². The normalized spacial score (nSPS) is 30.5. The van der Waals surface area contributed by atoms with Crippen molar-refractivity contribution in [1.82, 2.24) is 9.88 Å². The number of pyridine rings is 1. The van der Waals surface area contributed by atoms with Gasteiger partial charge in [-0.05, 0) is 37.8 Å². The van der Waals surface area contributed by atoms with Crippen LogP contribution in [0.4, 0.5) is 0 Å². The number of aryl methyl sites for hydroxylation is 1. The molecule has 0 aromatic carbocycles. The van der Waals surface area contributed by atoms with Gasteiger partial charge in [-0.25, -0.2) is 0 Å². The van der Waals surface area contributed by atoms with Crippen molar-refractivity contribution >= 4 is 0 Å². The highest BCUT2D eigenvalue weighted by molar-refractivity contribution is 5.26. The highest BCUT2D eigenvalue weighted by Gasteiger charge is 2.43. The number of aliphatic hydroxyl groups is 1. The third-order valence-electron chi connectivity index (χ3n) is 4.52. The van der Waals surface area contributed by atoms with Crippen molar-refractivity contribution in [1.29, 1.82) is 0 Å². The molecule has 1 saturated carbocycles. The summed E-state index contributed by atoms with van der Waals surface area (Å²) in [7, 11) is 0. The van der Waals surface area contributed by atoms with Gasteiger partial charge in [0.1, 0.15) is 11.9 Å². The van der Waals surface area contributed by atoms with Gasteiger partial charge >= 0.3 is 0 Å². The summed E-state index contributed by atoms with van der Waals surface area (Å²) in [6.07, 6.45) is 4.52.